The maximum atomic E-state index is 5.96. The molecule has 1 aromatic carbocycles. The quantitative estimate of drug-likeness (QED) is 0.816. The summed E-state index contributed by atoms with van der Waals surface area (Å²) in [5.41, 5.74) is 2.23. The van der Waals surface area contributed by atoms with Crippen molar-refractivity contribution in [3.63, 3.8) is 0 Å². The minimum atomic E-state index is 0.261. The molecule has 0 bridgehead atoms. The van der Waals surface area contributed by atoms with Crippen LogP contribution in [0.1, 0.15) is 31.1 Å². The summed E-state index contributed by atoms with van der Waals surface area (Å²) < 4.78 is 7.03. The summed E-state index contributed by atoms with van der Waals surface area (Å²) >= 11 is 3.53. The number of nitrogens with zero attached hydrogens (tertiary/aromatic N) is 1. The highest BCUT2D eigenvalue weighted by molar-refractivity contribution is 9.10. The highest BCUT2D eigenvalue weighted by Crippen LogP contribution is 2.28. The van der Waals surface area contributed by atoms with Gasteiger partial charge in [-0.25, -0.2) is 0 Å². The third-order valence-electron chi connectivity index (χ3n) is 3.29. The van der Waals surface area contributed by atoms with Crippen LogP contribution in [0.4, 0.5) is 0 Å². The first-order valence-electron chi connectivity index (χ1n) is 7.26. The second-order valence-electron chi connectivity index (χ2n) is 4.88. The number of halogens is 1. The Bertz CT molecular complexity index is 560. The van der Waals surface area contributed by atoms with Crippen LogP contribution in [0.15, 0.2) is 47.1 Å². The van der Waals surface area contributed by atoms with Crippen molar-refractivity contribution in [2.24, 2.45) is 0 Å². The van der Waals surface area contributed by atoms with Crippen molar-refractivity contribution in [1.29, 1.82) is 0 Å². The molecule has 4 heteroatoms. The first kappa shape index (κ1) is 16.0. The van der Waals surface area contributed by atoms with E-state index in [1.807, 2.05) is 36.5 Å². The number of benzene rings is 1. The summed E-state index contributed by atoms with van der Waals surface area (Å²) in [4.78, 5) is 4.31. The van der Waals surface area contributed by atoms with E-state index in [0.29, 0.717) is 6.61 Å². The molecule has 0 fully saturated rings. The summed E-state index contributed by atoms with van der Waals surface area (Å²) in [7, 11) is 0. The molecule has 3 nitrogen and oxygen atoms in total. The van der Waals surface area contributed by atoms with Crippen LogP contribution in [0.5, 0.6) is 5.75 Å². The maximum absolute atomic E-state index is 5.96. The van der Waals surface area contributed by atoms with Crippen molar-refractivity contribution >= 4 is 15.9 Å². The van der Waals surface area contributed by atoms with Gasteiger partial charge in [-0.3, -0.25) is 4.98 Å². The standard InChI is InChI=1S/C17H21BrN2O/c1-3-19-13(2)16-12-14(18)7-8-17(16)21-11-9-15-6-4-5-10-20-15/h4-8,10,12-13,19H,3,9,11H2,1-2H3. The molecule has 0 spiro atoms. The molecule has 0 radical (unpaired) electrons. The number of hydrogen-bond donors (Lipinski definition) is 1. The Morgan fingerprint density at radius 3 is 2.86 bits per heavy atom. The second-order valence-corrected chi connectivity index (χ2v) is 5.80. The zero-order valence-corrected chi connectivity index (χ0v) is 14.1. The molecule has 0 saturated carbocycles. The van der Waals surface area contributed by atoms with Gasteiger partial charge in [-0.1, -0.05) is 28.9 Å². The maximum Gasteiger partial charge on any atom is 0.124 e. The Morgan fingerprint density at radius 1 is 1.29 bits per heavy atom. The normalized spacial score (nSPS) is 12.1. The topological polar surface area (TPSA) is 34.1 Å². The predicted octanol–water partition coefficient (Wildman–Crippen LogP) is 4.14. The summed E-state index contributed by atoms with van der Waals surface area (Å²) in [6, 6.07) is 12.4. The largest absolute Gasteiger partial charge is 0.493 e. The number of aromatic nitrogens is 1. The van der Waals surface area contributed by atoms with Crippen LogP contribution >= 0.6 is 15.9 Å². The van der Waals surface area contributed by atoms with Gasteiger partial charge in [0.25, 0.3) is 0 Å². The molecule has 0 saturated heterocycles. The molecule has 21 heavy (non-hydrogen) atoms. The molecular weight excluding hydrogens is 328 g/mol. The number of hydrogen-bond acceptors (Lipinski definition) is 3. The third kappa shape index (κ3) is 4.83. The van der Waals surface area contributed by atoms with Crippen molar-refractivity contribution in [3.8, 4) is 5.75 Å². The van der Waals surface area contributed by atoms with Crippen LogP contribution in [-0.4, -0.2) is 18.1 Å². The van der Waals surface area contributed by atoms with E-state index < -0.39 is 0 Å². The lowest BCUT2D eigenvalue weighted by Crippen LogP contribution is -2.19. The highest BCUT2D eigenvalue weighted by Gasteiger charge is 2.11. The molecule has 2 aromatic rings. The Balaban J connectivity index is 2.02. The van der Waals surface area contributed by atoms with Crippen molar-refractivity contribution < 1.29 is 4.74 Å². The van der Waals surface area contributed by atoms with E-state index in [9.17, 15) is 0 Å². The van der Waals surface area contributed by atoms with Crippen molar-refractivity contribution in [2.75, 3.05) is 13.2 Å². The van der Waals surface area contributed by atoms with Crippen molar-refractivity contribution in [2.45, 2.75) is 26.3 Å². The monoisotopic (exact) mass is 348 g/mol. The van der Waals surface area contributed by atoms with Crippen molar-refractivity contribution in [3.05, 3.63) is 58.3 Å². The fourth-order valence-electron chi connectivity index (χ4n) is 2.22. The van der Waals surface area contributed by atoms with E-state index in [0.717, 1.165) is 28.9 Å². The zero-order valence-electron chi connectivity index (χ0n) is 12.5. The van der Waals surface area contributed by atoms with E-state index in [-0.39, 0.29) is 6.04 Å². The van der Waals surface area contributed by atoms with Gasteiger partial charge in [0.2, 0.25) is 0 Å². The van der Waals surface area contributed by atoms with Gasteiger partial charge in [0.05, 0.1) is 6.61 Å². The summed E-state index contributed by atoms with van der Waals surface area (Å²) in [6.07, 6.45) is 2.62. The highest BCUT2D eigenvalue weighted by atomic mass is 79.9. The van der Waals surface area contributed by atoms with Crippen LogP contribution in [-0.2, 0) is 6.42 Å². The smallest absolute Gasteiger partial charge is 0.124 e. The third-order valence-corrected chi connectivity index (χ3v) is 3.78. The SMILES string of the molecule is CCNC(C)c1cc(Br)ccc1OCCc1ccccn1. The van der Waals surface area contributed by atoms with Crippen LogP contribution in [0.25, 0.3) is 0 Å². The number of ether oxygens (including phenoxy) is 1. The second kappa shape index (κ2) is 8.15. The lowest BCUT2D eigenvalue weighted by atomic mass is 10.1. The predicted molar refractivity (Wildman–Crippen MR) is 89.7 cm³/mol. The molecule has 1 aromatic heterocycles. The average Bonchev–Trinajstić information content (AvgIpc) is 2.50. The summed E-state index contributed by atoms with van der Waals surface area (Å²) in [5, 5.41) is 3.42. The molecule has 1 N–H and O–H groups in total. The Hall–Kier alpha value is -1.39. The molecule has 0 aliphatic heterocycles. The van der Waals surface area contributed by atoms with Gasteiger partial charge in [0, 0.05) is 34.4 Å². The molecule has 0 aliphatic rings. The molecule has 1 unspecified atom stereocenters. The lowest BCUT2D eigenvalue weighted by Gasteiger charge is -2.18. The van der Waals surface area contributed by atoms with Crippen LogP contribution in [0, 0.1) is 0 Å². The van der Waals surface area contributed by atoms with E-state index in [1.54, 1.807) is 0 Å². The summed E-state index contributed by atoms with van der Waals surface area (Å²) in [5.74, 6) is 0.933. The van der Waals surface area contributed by atoms with Gasteiger partial charge in [0.1, 0.15) is 5.75 Å². The first-order valence-corrected chi connectivity index (χ1v) is 8.05. The van der Waals surface area contributed by atoms with Gasteiger partial charge in [-0.2, -0.15) is 0 Å². The number of nitrogens with one attached hydrogen (secondary N) is 1. The fraction of sp³-hybridized carbons (Fsp3) is 0.353. The minimum Gasteiger partial charge on any atom is -0.493 e. The fourth-order valence-corrected chi connectivity index (χ4v) is 2.60. The van der Waals surface area contributed by atoms with E-state index in [1.165, 1.54) is 5.56 Å². The Labute approximate surface area is 134 Å². The molecule has 1 atom stereocenters. The zero-order chi connectivity index (χ0) is 15.1. The average molecular weight is 349 g/mol. The molecular formula is C17H21BrN2O. The summed E-state index contributed by atoms with van der Waals surface area (Å²) in [6.45, 7) is 5.82. The lowest BCUT2D eigenvalue weighted by molar-refractivity contribution is 0.314. The van der Waals surface area contributed by atoms with E-state index in [4.69, 9.17) is 4.74 Å². The van der Waals surface area contributed by atoms with Crippen LogP contribution < -0.4 is 10.1 Å². The molecule has 0 amide bonds. The van der Waals surface area contributed by atoms with E-state index >= 15 is 0 Å². The molecule has 0 aliphatic carbocycles. The van der Waals surface area contributed by atoms with Gasteiger partial charge in [-0.05, 0) is 43.8 Å². The molecule has 112 valence electrons. The van der Waals surface area contributed by atoms with Gasteiger partial charge in [0.15, 0.2) is 0 Å². The number of rotatable bonds is 7. The molecule has 2 rings (SSSR count). The number of pyridine rings is 1. The van der Waals surface area contributed by atoms with Crippen LogP contribution in [0.3, 0.4) is 0 Å². The Kier molecular flexibility index (Phi) is 6.21. The van der Waals surface area contributed by atoms with Crippen LogP contribution in [0.2, 0.25) is 0 Å². The first-order chi connectivity index (χ1) is 10.2. The van der Waals surface area contributed by atoms with Crippen molar-refractivity contribution in [1.82, 2.24) is 10.3 Å². The van der Waals surface area contributed by atoms with Gasteiger partial charge < -0.3 is 10.1 Å². The minimum absolute atomic E-state index is 0.261. The van der Waals surface area contributed by atoms with Gasteiger partial charge in [-0.15, -0.1) is 0 Å². The van der Waals surface area contributed by atoms with Gasteiger partial charge >= 0.3 is 0 Å². The molecule has 1 heterocycles. The Morgan fingerprint density at radius 2 is 2.14 bits per heavy atom. The van der Waals surface area contributed by atoms with E-state index in [2.05, 4.69) is 46.1 Å².